The van der Waals surface area contributed by atoms with Gasteiger partial charge in [0, 0.05) is 0 Å². The van der Waals surface area contributed by atoms with Gasteiger partial charge < -0.3 is 9.84 Å². The lowest BCUT2D eigenvalue weighted by molar-refractivity contribution is -0.138. The second kappa shape index (κ2) is 6.26. The van der Waals surface area contributed by atoms with Gasteiger partial charge in [-0.15, -0.1) is 11.6 Å². The number of hydrogen-bond donors (Lipinski definition) is 1. The maximum absolute atomic E-state index is 10.3. The topological polar surface area (TPSA) is 46.5 Å². The second-order valence-electron chi connectivity index (χ2n) is 2.74. The zero-order chi connectivity index (χ0) is 9.56. The van der Waals surface area contributed by atoms with E-state index in [0.717, 1.165) is 12.8 Å². The molecule has 0 aromatic carbocycles. The Morgan fingerprint density at radius 1 is 1.67 bits per heavy atom. The number of aliphatic carboxylic acids is 1. The van der Waals surface area contributed by atoms with E-state index in [1.165, 1.54) is 0 Å². The normalized spacial score (nSPS) is 15.6. The largest absolute Gasteiger partial charge is 0.480 e. The standard InChI is InChI=1S/C8H15ClO3/c1-3-4-6(2)12-5-7(9)8(10)11/h6-7H,3-5H2,1-2H3,(H,10,11). The van der Waals surface area contributed by atoms with Crippen molar-refractivity contribution in [2.24, 2.45) is 0 Å². The molecule has 72 valence electrons. The molecule has 0 aliphatic heterocycles. The third kappa shape index (κ3) is 5.38. The molecule has 12 heavy (non-hydrogen) atoms. The van der Waals surface area contributed by atoms with E-state index < -0.39 is 11.3 Å². The van der Waals surface area contributed by atoms with Gasteiger partial charge in [0.25, 0.3) is 0 Å². The van der Waals surface area contributed by atoms with E-state index in [1.54, 1.807) is 0 Å². The van der Waals surface area contributed by atoms with Gasteiger partial charge in [0.1, 0.15) is 0 Å². The summed E-state index contributed by atoms with van der Waals surface area (Å²) in [5, 5.41) is 7.49. The molecule has 3 nitrogen and oxygen atoms in total. The number of hydrogen-bond acceptors (Lipinski definition) is 2. The maximum Gasteiger partial charge on any atom is 0.324 e. The predicted octanol–water partition coefficient (Wildman–Crippen LogP) is 1.88. The first-order valence-corrected chi connectivity index (χ1v) is 4.50. The minimum absolute atomic E-state index is 0.0814. The fourth-order valence-corrected chi connectivity index (χ4v) is 0.883. The SMILES string of the molecule is CCCC(C)OCC(Cl)C(=O)O. The zero-order valence-corrected chi connectivity index (χ0v) is 8.17. The third-order valence-corrected chi connectivity index (χ3v) is 1.80. The Labute approximate surface area is 77.7 Å². The van der Waals surface area contributed by atoms with Crippen molar-refractivity contribution in [3.05, 3.63) is 0 Å². The zero-order valence-electron chi connectivity index (χ0n) is 7.42. The van der Waals surface area contributed by atoms with Crippen molar-refractivity contribution in [1.29, 1.82) is 0 Å². The van der Waals surface area contributed by atoms with Gasteiger partial charge in [-0.1, -0.05) is 13.3 Å². The summed E-state index contributed by atoms with van der Waals surface area (Å²) in [6.07, 6.45) is 2.06. The lowest BCUT2D eigenvalue weighted by Crippen LogP contribution is -2.22. The van der Waals surface area contributed by atoms with Gasteiger partial charge in [0.2, 0.25) is 0 Å². The Morgan fingerprint density at radius 2 is 2.25 bits per heavy atom. The maximum atomic E-state index is 10.3. The van der Waals surface area contributed by atoms with Gasteiger partial charge in [0.15, 0.2) is 5.38 Å². The molecule has 0 aliphatic rings. The van der Waals surface area contributed by atoms with Crippen LogP contribution in [0.25, 0.3) is 0 Å². The molecule has 0 amide bonds. The molecule has 4 heteroatoms. The number of alkyl halides is 1. The van der Waals surface area contributed by atoms with E-state index in [1.807, 2.05) is 6.92 Å². The average Bonchev–Trinajstić information content (AvgIpc) is 2.00. The van der Waals surface area contributed by atoms with Crippen LogP contribution in [-0.4, -0.2) is 29.2 Å². The summed E-state index contributed by atoms with van der Waals surface area (Å²) >= 11 is 5.44. The Kier molecular flexibility index (Phi) is 6.11. The van der Waals surface area contributed by atoms with E-state index in [-0.39, 0.29) is 12.7 Å². The van der Waals surface area contributed by atoms with Crippen LogP contribution in [0, 0.1) is 0 Å². The van der Waals surface area contributed by atoms with Crippen molar-refractivity contribution in [3.63, 3.8) is 0 Å². The monoisotopic (exact) mass is 194 g/mol. The van der Waals surface area contributed by atoms with Crippen molar-refractivity contribution in [1.82, 2.24) is 0 Å². The Balaban J connectivity index is 3.46. The Bertz CT molecular complexity index is 138. The van der Waals surface area contributed by atoms with Crippen molar-refractivity contribution in [3.8, 4) is 0 Å². The van der Waals surface area contributed by atoms with Crippen LogP contribution in [0.5, 0.6) is 0 Å². The minimum atomic E-state index is -1.03. The van der Waals surface area contributed by atoms with Crippen LogP contribution in [0.3, 0.4) is 0 Å². The van der Waals surface area contributed by atoms with E-state index in [4.69, 9.17) is 21.4 Å². The molecular formula is C8H15ClO3. The minimum Gasteiger partial charge on any atom is -0.480 e. The Hall–Kier alpha value is -0.280. The van der Waals surface area contributed by atoms with Crippen LogP contribution in [0.1, 0.15) is 26.7 Å². The average molecular weight is 195 g/mol. The fraction of sp³-hybridized carbons (Fsp3) is 0.875. The summed E-state index contributed by atoms with van der Waals surface area (Å²) in [6.45, 7) is 4.04. The molecule has 2 unspecified atom stereocenters. The van der Waals surface area contributed by atoms with E-state index in [9.17, 15) is 4.79 Å². The molecule has 0 fully saturated rings. The molecule has 0 aromatic heterocycles. The lowest BCUT2D eigenvalue weighted by Gasteiger charge is -2.12. The van der Waals surface area contributed by atoms with E-state index >= 15 is 0 Å². The number of carboxylic acids is 1. The smallest absolute Gasteiger partial charge is 0.324 e. The van der Waals surface area contributed by atoms with Crippen molar-refractivity contribution in [2.45, 2.75) is 38.2 Å². The van der Waals surface area contributed by atoms with Crippen LogP contribution >= 0.6 is 11.6 Å². The summed E-state index contributed by atoms with van der Waals surface area (Å²) in [5.74, 6) is -1.03. The van der Waals surface area contributed by atoms with Crippen LogP contribution < -0.4 is 0 Å². The highest BCUT2D eigenvalue weighted by molar-refractivity contribution is 6.29. The molecular weight excluding hydrogens is 180 g/mol. The van der Waals surface area contributed by atoms with Crippen LogP contribution in [0.4, 0.5) is 0 Å². The van der Waals surface area contributed by atoms with Gasteiger partial charge in [0.05, 0.1) is 12.7 Å². The third-order valence-electron chi connectivity index (χ3n) is 1.49. The number of carboxylic acid groups (broad SMARTS) is 1. The summed E-state index contributed by atoms with van der Waals surface area (Å²) in [7, 11) is 0. The molecule has 0 bridgehead atoms. The van der Waals surface area contributed by atoms with E-state index in [2.05, 4.69) is 6.92 Å². The number of carbonyl (C=O) groups is 1. The molecule has 2 atom stereocenters. The van der Waals surface area contributed by atoms with Gasteiger partial charge in [-0.3, -0.25) is 4.79 Å². The van der Waals surface area contributed by atoms with Crippen LogP contribution in [0.2, 0.25) is 0 Å². The molecule has 0 spiro atoms. The molecule has 0 saturated heterocycles. The Morgan fingerprint density at radius 3 is 2.67 bits per heavy atom. The summed E-state index contributed by atoms with van der Waals surface area (Å²) in [6, 6.07) is 0. The van der Waals surface area contributed by atoms with Gasteiger partial charge in [-0.25, -0.2) is 0 Å². The second-order valence-corrected chi connectivity index (χ2v) is 3.27. The highest BCUT2D eigenvalue weighted by atomic mass is 35.5. The van der Waals surface area contributed by atoms with Crippen LogP contribution in [0.15, 0.2) is 0 Å². The fourth-order valence-electron chi connectivity index (χ4n) is 0.810. The van der Waals surface area contributed by atoms with E-state index in [0.29, 0.717) is 0 Å². The number of halogens is 1. The highest BCUT2D eigenvalue weighted by Gasteiger charge is 2.14. The molecule has 1 N–H and O–H groups in total. The number of rotatable bonds is 6. The van der Waals surface area contributed by atoms with Gasteiger partial charge >= 0.3 is 5.97 Å². The predicted molar refractivity (Wildman–Crippen MR) is 47.6 cm³/mol. The highest BCUT2D eigenvalue weighted by Crippen LogP contribution is 2.04. The summed E-state index contributed by atoms with van der Waals surface area (Å²) < 4.78 is 5.19. The molecule has 0 heterocycles. The summed E-state index contributed by atoms with van der Waals surface area (Å²) in [5.41, 5.74) is 0. The molecule has 0 rings (SSSR count). The lowest BCUT2D eigenvalue weighted by atomic mass is 10.2. The van der Waals surface area contributed by atoms with Crippen molar-refractivity contribution >= 4 is 17.6 Å². The van der Waals surface area contributed by atoms with Crippen molar-refractivity contribution in [2.75, 3.05) is 6.61 Å². The number of ether oxygens (including phenoxy) is 1. The first-order chi connectivity index (χ1) is 5.57. The molecule has 0 aliphatic carbocycles. The first kappa shape index (κ1) is 11.7. The van der Waals surface area contributed by atoms with Gasteiger partial charge in [-0.05, 0) is 13.3 Å². The molecule has 0 radical (unpaired) electrons. The first-order valence-electron chi connectivity index (χ1n) is 4.06. The quantitative estimate of drug-likeness (QED) is 0.657. The van der Waals surface area contributed by atoms with Crippen LogP contribution in [-0.2, 0) is 9.53 Å². The van der Waals surface area contributed by atoms with Crippen molar-refractivity contribution < 1.29 is 14.6 Å². The van der Waals surface area contributed by atoms with Gasteiger partial charge in [-0.2, -0.15) is 0 Å². The summed E-state index contributed by atoms with van der Waals surface area (Å²) in [4.78, 5) is 10.3. The molecule has 0 aromatic rings. The molecule has 0 saturated carbocycles.